The Balaban J connectivity index is 1.61. The molecule has 4 aromatic rings. The van der Waals surface area contributed by atoms with Crippen molar-refractivity contribution in [3.63, 3.8) is 0 Å². The number of anilines is 1. The van der Waals surface area contributed by atoms with Crippen molar-refractivity contribution in [2.24, 2.45) is 0 Å². The fraction of sp³-hybridized carbons (Fsp3) is 0.0500. The van der Waals surface area contributed by atoms with Crippen LogP contribution in [0.2, 0.25) is 0 Å². The maximum absolute atomic E-state index is 13.4. The van der Waals surface area contributed by atoms with Crippen LogP contribution in [0.3, 0.4) is 0 Å². The molecule has 4 rings (SSSR count). The number of fused-ring (bicyclic) bond motifs is 1. The Morgan fingerprint density at radius 1 is 1.12 bits per heavy atom. The van der Waals surface area contributed by atoms with E-state index < -0.39 is 0 Å². The van der Waals surface area contributed by atoms with Gasteiger partial charge in [0.2, 0.25) is 0 Å². The van der Waals surface area contributed by atoms with Crippen molar-refractivity contribution in [2.45, 2.75) is 6.92 Å². The van der Waals surface area contributed by atoms with Gasteiger partial charge in [-0.15, -0.1) is 0 Å². The maximum atomic E-state index is 13.4. The van der Waals surface area contributed by atoms with Crippen molar-refractivity contribution in [1.82, 2.24) is 15.0 Å². The van der Waals surface area contributed by atoms with E-state index in [1.165, 1.54) is 12.1 Å². The molecule has 0 aliphatic heterocycles. The smallest absolute Gasteiger partial charge is 0.257 e. The largest absolute Gasteiger partial charge is 0.338 e. The van der Waals surface area contributed by atoms with E-state index in [9.17, 15) is 9.18 Å². The van der Waals surface area contributed by atoms with Crippen molar-refractivity contribution >= 4 is 22.6 Å². The molecule has 2 aromatic heterocycles. The highest BCUT2D eigenvalue weighted by Gasteiger charge is 2.10. The molecule has 0 spiro atoms. The van der Waals surface area contributed by atoms with E-state index in [0.717, 1.165) is 16.7 Å². The zero-order chi connectivity index (χ0) is 18.1. The number of pyridine rings is 1. The van der Waals surface area contributed by atoms with E-state index in [-0.39, 0.29) is 11.7 Å². The third-order valence-corrected chi connectivity index (χ3v) is 4.01. The van der Waals surface area contributed by atoms with Gasteiger partial charge in [-0.3, -0.25) is 9.78 Å². The molecule has 0 aliphatic rings. The summed E-state index contributed by atoms with van der Waals surface area (Å²) < 4.78 is 13.4. The molecule has 0 aliphatic carbocycles. The molecule has 26 heavy (non-hydrogen) atoms. The Labute approximate surface area is 148 Å². The van der Waals surface area contributed by atoms with Crippen LogP contribution in [0, 0.1) is 12.7 Å². The Morgan fingerprint density at radius 2 is 2.00 bits per heavy atom. The molecule has 0 saturated heterocycles. The van der Waals surface area contributed by atoms with E-state index in [1.807, 2.05) is 6.92 Å². The minimum atomic E-state index is -0.317. The van der Waals surface area contributed by atoms with Gasteiger partial charge in [0.1, 0.15) is 11.6 Å². The molecule has 0 fully saturated rings. The van der Waals surface area contributed by atoms with Gasteiger partial charge in [0, 0.05) is 23.1 Å². The first-order chi connectivity index (χ1) is 12.6. The molecule has 0 radical (unpaired) electrons. The lowest BCUT2D eigenvalue weighted by Gasteiger charge is -2.05. The first-order valence-electron chi connectivity index (χ1n) is 8.08. The molecule has 2 heterocycles. The van der Waals surface area contributed by atoms with Crippen molar-refractivity contribution in [3.8, 4) is 11.4 Å². The van der Waals surface area contributed by atoms with Gasteiger partial charge in [-0.25, -0.2) is 9.37 Å². The van der Waals surface area contributed by atoms with Crippen LogP contribution in [0.1, 0.15) is 16.1 Å². The van der Waals surface area contributed by atoms with Crippen molar-refractivity contribution < 1.29 is 9.18 Å². The number of amides is 1. The van der Waals surface area contributed by atoms with Gasteiger partial charge >= 0.3 is 0 Å². The predicted octanol–water partition coefficient (Wildman–Crippen LogP) is 4.32. The normalized spacial score (nSPS) is 10.8. The van der Waals surface area contributed by atoms with Crippen LogP contribution >= 0.6 is 0 Å². The minimum Gasteiger partial charge on any atom is -0.338 e. The zero-order valence-corrected chi connectivity index (χ0v) is 14.0. The number of nitrogens with zero attached hydrogens (tertiary/aromatic N) is 2. The minimum absolute atomic E-state index is 0.235. The van der Waals surface area contributed by atoms with Crippen molar-refractivity contribution in [3.05, 3.63) is 77.9 Å². The number of aromatic amines is 1. The van der Waals surface area contributed by atoms with Crippen LogP contribution in [0.5, 0.6) is 0 Å². The Hall–Kier alpha value is -3.54. The van der Waals surface area contributed by atoms with Crippen LogP contribution in [0.15, 0.2) is 60.8 Å². The zero-order valence-electron chi connectivity index (χ0n) is 14.0. The molecule has 128 valence electrons. The summed E-state index contributed by atoms with van der Waals surface area (Å²) in [6.07, 6.45) is 1.54. The molecule has 2 N–H and O–H groups in total. The van der Waals surface area contributed by atoms with Gasteiger partial charge in [-0.05, 0) is 49.4 Å². The summed E-state index contributed by atoms with van der Waals surface area (Å²) in [6.45, 7) is 1.87. The Bertz CT molecular complexity index is 1100. The number of H-pyrrole nitrogens is 1. The molecular formula is C20H15FN4O. The fourth-order valence-electron chi connectivity index (χ4n) is 2.67. The summed E-state index contributed by atoms with van der Waals surface area (Å²) >= 11 is 0. The van der Waals surface area contributed by atoms with Gasteiger partial charge in [0.15, 0.2) is 0 Å². The monoisotopic (exact) mass is 346 g/mol. The highest BCUT2D eigenvalue weighted by molar-refractivity contribution is 6.04. The second-order valence-electron chi connectivity index (χ2n) is 5.97. The predicted molar refractivity (Wildman–Crippen MR) is 98.4 cm³/mol. The number of halogens is 1. The number of rotatable bonds is 3. The molecule has 0 saturated carbocycles. The standard InChI is InChI=1S/C20H15FN4O/c1-12-5-6-14(11-22-12)20(26)23-16-7-8-17-18(10-16)25-19(24-17)13-3-2-4-15(21)9-13/h2-11H,1H3,(H,23,26)(H,24,25). The van der Waals surface area contributed by atoms with Crippen LogP contribution in [0.4, 0.5) is 10.1 Å². The summed E-state index contributed by atoms with van der Waals surface area (Å²) in [5.74, 6) is 0.0232. The third-order valence-electron chi connectivity index (χ3n) is 4.01. The van der Waals surface area contributed by atoms with Gasteiger partial charge in [-0.2, -0.15) is 0 Å². The molecule has 0 bridgehead atoms. The van der Waals surface area contributed by atoms with Gasteiger partial charge in [0.25, 0.3) is 5.91 Å². The van der Waals surface area contributed by atoms with Crippen LogP contribution < -0.4 is 5.32 Å². The van der Waals surface area contributed by atoms with Gasteiger partial charge in [0.05, 0.1) is 16.6 Å². The highest BCUT2D eigenvalue weighted by Crippen LogP contribution is 2.23. The average molecular weight is 346 g/mol. The maximum Gasteiger partial charge on any atom is 0.257 e. The molecule has 0 atom stereocenters. The number of hydrogen-bond donors (Lipinski definition) is 2. The van der Waals surface area contributed by atoms with Gasteiger partial charge in [-0.1, -0.05) is 12.1 Å². The number of nitrogens with one attached hydrogen (secondary N) is 2. The van der Waals surface area contributed by atoms with Crippen molar-refractivity contribution in [1.29, 1.82) is 0 Å². The summed E-state index contributed by atoms with van der Waals surface area (Å²) in [5, 5.41) is 2.84. The summed E-state index contributed by atoms with van der Waals surface area (Å²) in [6, 6.07) is 15.1. The Morgan fingerprint density at radius 3 is 2.77 bits per heavy atom. The number of carbonyl (C=O) groups excluding carboxylic acids is 1. The van der Waals surface area contributed by atoms with Gasteiger partial charge < -0.3 is 10.3 Å². The SMILES string of the molecule is Cc1ccc(C(=O)Nc2ccc3nc(-c4cccc(F)c4)[nH]c3c2)cn1. The van der Waals surface area contributed by atoms with Crippen LogP contribution in [-0.4, -0.2) is 20.9 Å². The number of carbonyl (C=O) groups is 1. The van der Waals surface area contributed by atoms with E-state index in [2.05, 4.69) is 20.3 Å². The quantitative estimate of drug-likeness (QED) is 0.580. The first-order valence-corrected chi connectivity index (χ1v) is 8.08. The second-order valence-corrected chi connectivity index (χ2v) is 5.97. The molecule has 5 nitrogen and oxygen atoms in total. The lowest BCUT2D eigenvalue weighted by molar-refractivity contribution is 0.102. The number of aromatic nitrogens is 3. The Kier molecular flexibility index (Phi) is 3.93. The van der Waals surface area contributed by atoms with Crippen LogP contribution in [-0.2, 0) is 0 Å². The van der Waals surface area contributed by atoms with Crippen LogP contribution in [0.25, 0.3) is 22.4 Å². The number of imidazole rings is 1. The molecule has 1 amide bonds. The molecular weight excluding hydrogens is 331 g/mol. The van der Waals surface area contributed by atoms with E-state index in [1.54, 1.807) is 48.7 Å². The molecule has 0 unspecified atom stereocenters. The number of hydrogen-bond acceptors (Lipinski definition) is 3. The summed E-state index contributed by atoms with van der Waals surface area (Å²) in [4.78, 5) is 24.1. The molecule has 6 heteroatoms. The first kappa shape index (κ1) is 16.0. The number of aryl methyl sites for hydroxylation is 1. The second kappa shape index (κ2) is 6.40. The number of benzene rings is 2. The lowest BCUT2D eigenvalue weighted by Crippen LogP contribution is -2.12. The summed E-state index contributed by atoms with van der Waals surface area (Å²) in [5.41, 5.74) is 4.13. The van der Waals surface area contributed by atoms with E-state index >= 15 is 0 Å². The average Bonchev–Trinajstić information content (AvgIpc) is 3.05. The topological polar surface area (TPSA) is 70.7 Å². The van der Waals surface area contributed by atoms with E-state index in [4.69, 9.17) is 0 Å². The lowest BCUT2D eigenvalue weighted by atomic mass is 10.2. The van der Waals surface area contributed by atoms with E-state index in [0.29, 0.717) is 22.6 Å². The highest BCUT2D eigenvalue weighted by atomic mass is 19.1. The summed E-state index contributed by atoms with van der Waals surface area (Å²) in [7, 11) is 0. The molecule has 2 aromatic carbocycles. The fourth-order valence-corrected chi connectivity index (χ4v) is 2.67. The third kappa shape index (κ3) is 3.17. The van der Waals surface area contributed by atoms with Crippen molar-refractivity contribution in [2.75, 3.05) is 5.32 Å².